The summed E-state index contributed by atoms with van der Waals surface area (Å²) in [5.41, 5.74) is 28.3. The number of rotatable bonds is 9. The third kappa shape index (κ3) is 5.06. The van der Waals surface area contributed by atoms with Gasteiger partial charge < -0.3 is 17.2 Å². The van der Waals surface area contributed by atoms with Crippen molar-refractivity contribution in [3.8, 4) is 0 Å². The Morgan fingerprint density at radius 1 is 0.447 bits per heavy atom. The number of hydrogen-bond donors (Lipinski definition) is 3. The average Bonchev–Trinajstić information content (AvgIpc) is 3.06. The first kappa shape index (κ1) is 30.3. The summed E-state index contributed by atoms with van der Waals surface area (Å²) in [6.45, 7) is 2.54. The summed E-state index contributed by atoms with van der Waals surface area (Å²) in [6, 6.07) is 54.4. The van der Waals surface area contributed by atoms with E-state index >= 15 is 0 Å². The predicted octanol–water partition coefficient (Wildman–Crippen LogP) is 7.33. The van der Waals surface area contributed by atoms with Crippen molar-refractivity contribution in [3.63, 3.8) is 0 Å². The summed E-state index contributed by atoms with van der Waals surface area (Å²) >= 11 is 0. The summed E-state index contributed by atoms with van der Waals surface area (Å²) in [4.78, 5) is 2.64. The Hall–Kier alpha value is -4.06. The maximum atomic E-state index is 8.07. The lowest BCUT2D eigenvalue weighted by Gasteiger charge is -2.77. The molecule has 0 heterocycles. The fourth-order valence-corrected chi connectivity index (χ4v) is 11.1. The third-order valence-electron chi connectivity index (χ3n) is 11.7. The molecule has 0 aromatic heterocycles. The van der Waals surface area contributed by atoms with Crippen LogP contribution in [0.1, 0.15) is 64.8 Å². The quantitative estimate of drug-likeness (QED) is 0.162. The van der Waals surface area contributed by atoms with E-state index in [-0.39, 0.29) is 23.2 Å². The minimum Gasteiger partial charge on any atom is -0.324 e. The monoisotopic (exact) mass is 618 g/mol. The van der Waals surface area contributed by atoms with Crippen LogP contribution in [0.4, 0.5) is 0 Å². The largest absolute Gasteiger partial charge is 0.324 e. The van der Waals surface area contributed by atoms with Crippen molar-refractivity contribution in [2.45, 2.75) is 66.7 Å². The normalized spacial score (nSPS) is 32.5. The maximum absolute atomic E-state index is 8.07. The topological polar surface area (TPSA) is 81.3 Å². The Morgan fingerprint density at radius 3 is 1.30 bits per heavy atom. The molecule has 7 unspecified atom stereocenters. The summed E-state index contributed by atoms with van der Waals surface area (Å²) < 4.78 is 0. The second-order valence-corrected chi connectivity index (χ2v) is 15.0. The zero-order chi connectivity index (χ0) is 32.1. The highest BCUT2D eigenvalue weighted by Crippen LogP contribution is 2.75. The summed E-state index contributed by atoms with van der Waals surface area (Å²) in [6.07, 6.45) is 2.44. The molecule has 0 saturated heterocycles. The molecule has 4 bridgehead atoms. The molecule has 0 aliphatic heterocycles. The van der Waals surface area contributed by atoms with Crippen LogP contribution in [0.5, 0.6) is 0 Å². The summed E-state index contributed by atoms with van der Waals surface area (Å²) in [5.74, 6) is 0.00793. The Balaban J connectivity index is 1.32. The van der Waals surface area contributed by atoms with E-state index in [1.165, 1.54) is 27.8 Å². The van der Waals surface area contributed by atoms with Crippen LogP contribution in [0.2, 0.25) is 0 Å². The SMILES string of the molecule is NC12CC3(CN(Cc4ccccc4)Cc4ccccc4)CC(N)(C1c1ccccc1)C(c1ccccc1)C(N)(C2)C3c1ccccc1. The van der Waals surface area contributed by atoms with Gasteiger partial charge in [-0.25, -0.2) is 0 Å². The van der Waals surface area contributed by atoms with Gasteiger partial charge in [0, 0.05) is 54.0 Å². The van der Waals surface area contributed by atoms with Gasteiger partial charge >= 0.3 is 0 Å². The van der Waals surface area contributed by atoms with Crippen LogP contribution in [0.15, 0.2) is 152 Å². The lowest BCUT2D eigenvalue weighted by molar-refractivity contribution is -0.153. The standard InChI is InChI=1S/C43H46N4/c44-41-28-40(31-47(26-32-16-6-1-7-17-32)27-33-18-8-2-9-19-33)29-42(45,38(41)35-22-12-4-13-23-35)39(36-24-14-5-15-25-36)43(46,30-41)37(40)34-20-10-3-11-21-34/h1-25,37-39H,26-31,44-46H2. The van der Waals surface area contributed by atoms with Crippen LogP contribution in [0, 0.1) is 5.41 Å². The molecule has 4 aliphatic carbocycles. The molecule has 4 nitrogen and oxygen atoms in total. The molecular weight excluding hydrogens is 573 g/mol. The highest BCUT2D eigenvalue weighted by Gasteiger charge is 2.77. The van der Waals surface area contributed by atoms with Crippen molar-refractivity contribution in [2.24, 2.45) is 22.6 Å². The van der Waals surface area contributed by atoms with Gasteiger partial charge in [-0.15, -0.1) is 0 Å². The Bertz CT molecular complexity index is 1750. The first-order valence-corrected chi connectivity index (χ1v) is 17.1. The van der Waals surface area contributed by atoms with Gasteiger partial charge in [0.15, 0.2) is 0 Å². The first-order chi connectivity index (χ1) is 22.8. The van der Waals surface area contributed by atoms with E-state index in [2.05, 4.69) is 157 Å². The molecule has 0 spiro atoms. The third-order valence-corrected chi connectivity index (χ3v) is 11.7. The van der Waals surface area contributed by atoms with Gasteiger partial charge in [-0.2, -0.15) is 0 Å². The average molecular weight is 619 g/mol. The second-order valence-electron chi connectivity index (χ2n) is 15.0. The van der Waals surface area contributed by atoms with Gasteiger partial charge in [-0.1, -0.05) is 152 Å². The number of nitrogens with zero attached hydrogens (tertiary/aromatic N) is 1. The molecule has 4 aliphatic rings. The van der Waals surface area contributed by atoms with Gasteiger partial charge in [0.25, 0.3) is 0 Å². The van der Waals surface area contributed by atoms with E-state index in [1.54, 1.807) is 0 Å². The Kier molecular flexibility index (Phi) is 7.46. The minimum atomic E-state index is -0.640. The fraction of sp³-hybridized carbons (Fsp3) is 0.302. The zero-order valence-electron chi connectivity index (χ0n) is 27.1. The van der Waals surface area contributed by atoms with Crippen LogP contribution in [-0.2, 0) is 13.1 Å². The number of hydrogen-bond acceptors (Lipinski definition) is 4. The molecule has 5 aromatic carbocycles. The number of nitrogens with two attached hydrogens (primary N) is 3. The molecule has 0 amide bonds. The van der Waals surface area contributed by atoms with E-state index in [4.69, 9.17) is 17.2 Å². The molecular formula is C43H46N4. The second kappa shape index (κ2) is 11.6. The highest BCUT2D eigenvalue weighted by atomic mass is 15.2. The zero-order valence-corrected chi connectivity index (χ0v) is 27.1. The Morgan fingerprint density at radius 2 is 0.830 bits per heavy atom. The number of benzene rings is 5. The van der Waals surface area contributed by atoms with Gasteiger partial charge in [-0.05, 0) is 52.5 Å². The van der Waals surface area contributed by atoms with Crippen LogP contribution >= 0.6 is 0 Å². The molecule has 47 heavy (non-hydrogen) atoms. The van der Waals surface area contributed by atoms with Crippen LogP contribution in [-0.4, -0.2) is 28.1 Å². The van der Waals surface area contributed by atoms with Crippen molar-refractivity contribution < 1.29 is 0 Å². The molecule has 4 heteroatoms. The summed E-state index contributed by atoms with van der Waals surface area (Å²) in [5, 5.41) is 0. The van der Waals surface area contributed by atoms with Crippen molar-refractivity contribution >= 4 is 0 Å². The van der Waals surface area contributed by atoms with Crippen molar-refractivity contribution in [2.75, 3.05) is 6.54 Å². The molecule has 5 aromatic rings. The van der Waals surface area contributed by atoms with Gasteiger partial charge in [0.05, 0.1) is 0 Å². The van der Waals surface area contributed by atoms with Crippen molar-refractivity contribution in [3.05, 3.63) is 179 Å². The van der Waals surface area contributed by atoms with E-state index in [1.807, 2.05) is 0 Å². The van der Waals surface area contributed by atoms with Crippen molar-refractivity contribution in [1.29, 1.82) is 0 Å². The molecule has 9 rings (SSSR count). The van der Waals surface area contributed by atoms with Crippen LogP contribution in [0.3, 0.4) is 0 Å². The Labute approximate surface area is 279 Å². The van der Waals surface area contributed by atoms with Gasteiger partial charge in [0.1, 0.15) is 0 Å². The lowest BCUT2D eigenvalue weighted by Crippen LogP contribution is -2.86. The molecule has 0 radical (unpaired) electrons. The smallest absolute Gasteiger partial charge is 0.0335 e. The van der Waals surface area contributed by atoms with Crippen molar-refractivity contribution in [1.82, 2.24) is 4.90 Å². The molecule has 7 atom stereocenters. The van der Waals surface area contributed by atoms with E-state index < -0.39 is 16.6 Å². The lowest BCUT2D eigenvalue weighted by atomic mass is 9.30. The highest BCUT2D eigenvalue weighted by molar-refractivity contribution is 5.51. The van der Waals surface area contributed by atoms with Gasteiger partial charge in [0.2, 0.25) is 0 Å². The minimum absolute atomic E-state index is 0.0142. The first-order valence-electron chi connectivity index (χ1n) is 17.1. The molecule has 6 N–H and O–H groups in total. The fourth-order valence-electron chi connectivity index (χ4n) is 11.1. The van der Waals surface area contributed by atoms with Gasteiger partial charge in [-0.3, -0.25) is 4.90 Å². The van der Waals surface area contributed by atoms with E-state index in [9.17, 15) is 0 Å². The molecule has 4 saturated carbocycles. The maximum Gasteiger partial charge on any atom is 0.0335 e. The summed E-state index contributed by atoms with van der Waals surface area (Å²) in [7, 11) is 0. The predicted molar refractivity (Wildman–Crippen MR) is 192 cm³/mol. The van der Waals surface area contributed by atoms with Crippen LogP contribution < -0.4 is 17.2 Å². The van der Waals surface area contributed by atoms with Crippen LogP contribution in [0.25, 0.3) is 0 Å². The van der Waals surface area contributed by atoms with E-state index in [0.717, 1.165) is 38.9 Å². The molecule has 238 valence electrons. The molecule has 4 fully saturated rings. The van der Waals surface area contributed by atoms with E-state index in [0.29, 0.717) is 0 Å².